The molecule has 3 rings (SSSR count). The Kier molecular flexibility index (Phi) is 5.81. The first kappa shape index (κ1) is 17.3. The first-order valence-electron chi connectivity index (χ1n) is 8.76. The van der Waals surface area contributed by atoms with E-state index < -0.39 is 0 Å². The van der Waals surface area contributed by atoms with Gasteiger partial charge in [-0.2, -0.15) is 0 Å². The summed E-state index contributed by atoms with van der Waals surface area (Å²) in [4.78, 5) is 18.5. The molecule has 24 heavy (non-hydrogen) atoms. The Hall–Kier alpha value is -1.50. The van der Waals surface area contributed by atoms with Crippen molar-refractivity contribution in [2.75, 3.05) is 45.8 Å². The Labute approximate surface area is 142 Å². The zero-order valence-corrected chi connectivity index (χ0v) is 14.0. The molecule has 2 heterocycles. The van der Waals surface area contributed by atoms with Gasteiger partial charge in [0.25, 0.3) is 0 Å². The van der Waals surface area contributed by atoms with Crippen molar-refractivity contribution in [3.8, 4) is 0 Å². The first-order chi connectivity index (χ1) is 11.6. The molecule has 1 atom stereocenters. The summed E-state index contributed by atoms with van der Waals surface area (Å²) in [6.07, 6.45) is 1.48. The van der Waals surface area contributed by atoms with Crippen molar-refractivity contribution in [3.05, 3.63) is 35.6 Å². The number of amides is 1. The van der Waals surface area contributed by atoms with Gasteiger partial charge < -0.3 is 10.0 Å². The highest BCUT2D eigenvalue weighted by Crippen LogP contribution is 2.13. The van der Waals surface area contributed by atoms with E-state index in [0.717, 1.165) is 32.5 Å². The van der Waals surface area contributed by atoms with E-state index in [1.807, 2.05) is 21.9 Å². The maximum absolute atomic E-state index is 13.7. The van der Waals surface area contributed by atoms with E-state index >= 15 is 0 Å². The van der Waals surface area contributed by atoms with Gasteiger partial charge in [0.1, 0.15) is 5.82 Å². The van der Waals surface area contributed by atoms with Crippen molar-refractivity contribution in [1.29, 1.82) is 0 Å². The van der Waals surface area contributed by atoms with Crippen molar-refractivity contribution >= 4 is 5.91 Å². The molecule has 2 saturated heterocycles. The fourth-order valence-electron chi connectivity index (χ4n) is 3.49. The summed E-state index contributed by atoms with van der Waals surface area (Å²) in [5.74, 6) is -0.0331. The highest BCUT2D eigenvalue weighted by Gasteiger charge is 2.25. The first-order valence-corrected chi connectivity index (χ1v) is 8.76. The van der Waals surface area contributed by atoms with Crippen LogP contribution >= 0.6 is 0 Å². The molecule has 0 saturated carbocycles. The molecule has 1 aromatic carbocycles. The van der Waals surface area contributed by atoms with Gasteiger partial charge in [0, 0.05) is 44.8 Å². The molecule has 5 nitrogen and oxygen atoms in total. The number of hydrogen-bond donors (Lipinski definition) is 1. The van der Waals surface area contributed by atoms with Gasteiger partial charge in [-0.3, -0.25) is 14.6 Å². The molecule has 0 unspecified atom stereocenters. The standard InChI is InChI=1S/C18H26FN3O2/c19-17-6-2-1-4-15(17)12-20-8-10-22(11-9-20)18(24)14-21-7-3-5-16(23)13-21/h1-2,4,6,16,23H,3,5,7-14H2/t16-/m0/s1. The number of piperazine rings is 1. The Morgan fingerprint density at radius 2 is 1.88 bits per heavy atom. The second-order valence-electron chi connectivity index (χ2n) is 6.78. The van der Waals surface area contributed by atoms with Crippen LogP contribution in [0.5, 0.6) is 0 Å². The average Bonchev–Trinajstić information content (AvgIpc) is 2.57. The molecule has 1 N–H and O–H groups in total. The van der Waals surface area contributed by atoms with Crippen LogP contribution in [0.1, 0.15) is 18.4 Å². The lowest BCUT2D eigenvalue weighted by Crippen LogP contribution is -2.52. The molecular weight excluding hydrogens is 309 g/mol. The third-order valence-corrected chi connectivity index (χ3v) is 4.92. The van der Waals surface area contributed by atoms with E-state index in [4.69, 9.17) is 0 Å². The van der Waals surface area contributed by atoms with Crippen molar-refractivity contribution in [2.24, 2.45) is 0 Å². The van der Waals surface area contributed by atoms with E-state index in [9.17, 15) is 14.3 Å². The summed E-state index contributed by atoms with van der Waals surface area (Å²) >= 11 is 0. The zero-order chi connectivity index (χ0) is 16.9. The quantitative estimate of drug-likeness (QED) is 0.889. The van der Waals surface area contributed by atoms with E-state index in [0.29, 0.717) is 38.3 Å². The van der Waals surface area contributed by atoms with Crippen LogP contribution in [0.25, 0.3) is 0 Å². The topological polar surface area (TPSA) is 47.0 Å². The van der Waals surface area contributed by atoms with Crippen molar-refractivity contribution in [3.63, 3.8) is 0 Å². The molecule has 0 radical (unpaired) electrons. The van der Waals surface area contributed by atoms with E-state index in [-0.39, 0.29) is 17.8 Å². The van der Waals surface area contributed by atoms with Crippen LogP contribution in [-0.2, 0) is 11.3 Å². The number of benzene rings is 1. The molecule has 0 bridgehead atoms. The fraction of sp³-hybridized carbons (Fsp3) is 0.611. The van der Waals surface area contributed by atoms with Gasteiger partial charge in [0.05, 0.1) is 12.6 Å². The van der Waals surface area contributed by atoms with Crippen molar-refractivity contribution in [2.45, 2.75) is 25.5 Å². The lowest BCUT2D eigenvalue weighted by atomic mass is 10.1. The van der Waals surface area contributed by atoms with Crippen LogP contribution in [0, 0.1) is 5.82 Å². The number of carbonyl (C=O) groups excluding carboxylic acids is 1. The fourth-order valence-corrected chi connectivity index (χ4v) is 3.49. The van der Waals surface area contributed by atoms with Gasteiger partial charge in [0.15, 0.2) is 0 Å². The third kappa shape index (κ3) is 4.53. The predicted octanol–water partition coefficient (Wildman–Crippen LogP) is 0.927. The summed E-state index contributed by atoms with van der Waals surface area (Å²) in [7, 11) is 0. The normalized spacial score (nSPS) is 23.4. The molecule has 132 valence electrons. The number of halogens is 1. The maximum Gasteiger partial charge on any atom is 0.236 e. The molecular formula is C18H26FN3O2. The molecule has 2 fully saturated rings. The van der Waals surface area contributed by atoms with Crippen LogP contribution < -0.4 is 0 Å². The second-order valence-corrected chi connectivity index (χ2v) is 6.78. The number of β-amino-alcohol motifs (C(OH)–C–C–N with tert-alkyl or cyclic N) is 1. The molecule has 6 heteroatoms. The Morgan fingerprint density at radius 1 is 1.12 bits per heavy atom. The highest BCUT2D eigenvalue weighted by atomic mass is 19.1. The van der Waals surface area contributed by atoms with E-state index in [1.54, 1.807) is 6.07 Å². The maximum atomic E-state index is 13.7. The van der Waals surface area contributed by atoms with Gasteiger partial charge in [-0.25, -0.2) is 4.39 Å². The minimum absolute atomic E-state index is 0.134. The third-order valence-electron chi connectivity index (χ3n) is 4.92. The monoisotopic (exact) mass is 335 g/mol. The number of aliphatic hydroxyl groups excluding tert-OH is 1. The van der Waals surface area contributed by atoms with Gasteiger partial charge in [-0.15, -0.1) is 0 Å². The summed E-state index contributed by atoms with van der Waals surface area (Å²) in [6.45, 7) is 5.37. The molecule has 1 amide bonds. The number of nitrogens with zero attached hydrogens (tertiary/aromatic N) is 3. The van der Waals surface area contributed by atoms with Gasteiger partial charge in [-0.05, 0) is 25.5 Å². The predicted molar refractivity (Wildman–Crippen MR) is 89.9 cm³/mol. The molecule has 0 aromatic heterocycles. The average molecular weight is 335 g/mol. The number of carbonyl (C=O) groups is 1. The smallest absolute Gasteiger partial charge is 0.236 e. The summed E-state index contributed by atoms with van der Waals surface area (Å²) in [6, 6.07) is 6.86. The number of rotatable bonds is 4. The van der Waals surface area contributed by atoms with Crippen molar-refractivity contribution < 1.29 is 14.3 Å². The molecule has 2 aliphatic rings. The van der Waals surface area contributed by atoms with Crippen LogP contribution in [-0.4, -0.2) is 77.6 Å². The minimum atomic E-state index is -0.302. The molecule has 0 spiro atoms. The Morgan fingerprint density at radius 3 is 2.58 bits per heavy atom. The van der Waals surface area contributed by atoms with Crippen LogP contribution in [0.15, 0.2) is 24.3 Å². The number of piperidine rings is 1. The second kappa shape index (κ2) is 8.05. The summed E-state index contributed by atoms with van der Waals surface area (Å²) < 4.78 is 13.7. The number of likely N-dealkylation sites (tertiary alicyclic amines) is 1. The largest absolute Gasteiger partial charge is 0.392 e. The highest BCUT2D eigenvalue weighted by molar-refractivity contribution is 5.78. The van der Waals surface area contributed by atoms with Gasteiger partial charge in [0.2, 0.25) is 5.91 Å². The van der Waals surface area contributed by atoms with Crippen LogP contribution in [0.3, 0.4) is 0 Å². The number of hydrogen-bond acceptors (Lipinski definition) is 4. The van der Waals surface area contributed by atoms with Crippen LogP contribution in [0.4, 0.5) is 4.39 Å². The van der Waals surface area contributed by atoms with E-state index in [1.165, 1.54) is 6.07 Å². The lowest BCUT2D eigenvalue weighted by Gasteiger charge is -2.37. The molecule has 1 aromatic rings. The molecule has 0 aliphatic carbocycles. The van der Waals surface area contributed by atoms with E-state index in [2.05, 4.69) is 4.90 Å². The van der Waals surface area contributed by atoms with Gasteiger partial charge in [-0.1, -0.05) is 18.2 Å². The lowest BCUT2D eigenvalue weighted by molar-refractivity contribution is -0.134. The Bertz CT molecular complexity index is 561. The zero-order valence-electron chi connectivity index (χ0n) is 14.0. The van der Waals surface area contributed by atoms with Crippen LogP contribution in [0.2, 0.25) is 0 Å². The summed E-state index contributed by atoms with van der Waals surface area (Å²) in [5.41, 5.74) is 0.708. The number of aliphatic hydroxyl groups is 1. The summed E-state index contributed by atoms with van der Waals surface area (Å²) in [5, 5.41) is 9.70. The van der Waals surface area contributed by atoms with Gasteiger partial charge >= 0.3 is 0 Å². The molecule has 2 aliphatic heterocycles. The SMILES string of the molecule is O=C(CN1CCC[C@H](O)C1)N1CCN(Cc2ccccc2F)CC1. The Balaban J connectivity index is 1.44. The minimum Gasteiger partial charge on any atom is -0.392 e. The van der Waals surface area contributed by atoms with Crippen molar-refractivity contribution in [1.82, 2.24) is 14.7 Å².